The van der Waals surface area contributed by atoms with Gasteiger partial charge in [0.1, 0.15) is 11.6 Å². The van der Waals surface area contributed by atoms with Gasteiger partial charge in [0.25, 0.3) is 0 Å². The molecule has 0 bridgehead atoms. The highest BCUT2D eigenvalue weighted by molar-refractivity contribution is 5.77. The Bertz CT molecular complexity index is 676. The zero-order valence-electron chi connectivity index (χ0n) is 12.7. The summed E-state index contributed by atoms with van der Waals surface area (Å²) in [5, 5.41) is 6.90. The van der Waals surface area contributed by atoms with Crippen LogP contribution in [0.15, 0.2) is 28.8 Å². The number of carbonyl (C=O) groups is 1. The van der Waals surface area contributed by atoms with E-state index in [1.165, 1.54) is 6.07 Å². The van der Waals surface area contributed by atoms with Crippen LogP contribution in [-0.2, 0) is 11.2 Å². The molecule has 4 nitrogen and oxygen atoms in total. The van der Waals surface area contributed by atoms with E-state index in [0.29, 0.717) is 12.8 Å². The Hall–Kier alpha value is -2.17. The third kappa shape index (κ3) is 3.18. The fourth-order valence-corrected chi connectivity index (χ4v) is 2.84. The molecule has 1 heterocycles. The van der Waals surface area contributed by atoms with Crippen LogP contribution in [0.3, 0.4) is 0 Å². The van der Waals surface area contributed by atoms with Crippen molar-refractivity contribution in [2.24, 2.45) is 0 Å². The van der Waals surface area contributed by atoms with E-state index in [1.54, 1.807) is 12.1 Å². The molecule has 0 aliphatic heterocycles. The molecule has 1 N–H and O–H groups in total. The Balaban J connectivity index is 1.50. The minimum Gasteiger partial charge on any atom is -0.361 e. The summed E-state index contributed by atoms with van der Waals surface area (Å²) in [5.41, 5.74) is 2.80. The van der Waals surface area contributed by atoms with Crippen LogP contribution in [0.25, 0.3) is 0 Å². The van der Waals surface area contributed by atoms with Crippen molar-refractivity contribution in [3.63, 3.8) is 0 Å². The van der Waals surface area contributed by atoms with Gasteiger partial charge in [0.2, 0.25) is 5.91 Å². The van der Waals surface area contributed by atoms with Gasteiger partial charge in [-0.05, 0) is 44.4 Å². The van der Waals surface area contributed by atoms with Gasteiger partial charge in [-0.15, -0.1) is 0 Å². The van der Waals surface area contributed by atoms with Crippen LogP contribution >= 0.6 is 0 Å². The number of nitrogens with one attached hydrogen (secondary N) is 1. The molecule has 1 aromatic heterocycles. The maximum atomic E-state index is 13.2. The van der Waals surface area contributed by atoms with Crippen molar-refractivity contribution >= 4 is 5.91 Å². The molecule has 2 aromatic rings. The maximum Gasteiger partial charge on any atom is 0.220 e. The van der Waals surface area contributed by atoms with Crippen molar-refractivity contribution in [1.82, 2.24) is 10.5 Å². The zero-order valence-corrected chi connectivity index (χ0v) is 12.7. The number of aryl methyl sites for hydroxylation is 2. The first-order valence-corrected chi connectivity index (χ1v) is 7.51. The van der Waals surface area contributed by atoms with Gasteiger partial charge in [-0.1, -0.05) is 17.3 Å². The van der Waals surface area contributed by atoms with Crippen molar-refractivity contribution in [3.8, 4) is 0 Å². The Morgan fingerprint density at radius 1 is 1.45 bits per heavy atom. The molecule has 5 heteroatoms. The van der Waals surface area contributed by atoms with Crippen LogP contribution in [-0.4, -0.2) is 17.1 Å². The molecular weight excluding hydrogens is 283 g/mol. The van der Waals surface area contributed by atoms with E-state index in [-0.39, 0.29) is 23.7 Å². The highest BCUT2D eigenvalue weighted by Gasteiger charge is 2.39. The molecule has 0 saturated heterocycles. The van der Waals surface area contributed by atoms with E-state index >= 15 is 0 Å². The lowest BCUT2D eigenvalue weighted by atomic mass is 10.1. The van der Waals surface area contributed by atoms with Crippen molar-refractivity contribution in [1.29, 1.82) is 0 Å². The molecule has 116 valence electrons. The quantitative estimate of drug-likeness (QED) is 0.923. The number of hydrogen-bond donors (Lipinski definition) is 1. The number of carbonyl (C=O) groups excluding carboxylic acids is 1. The number of aromatic nitrogens is 1. The van der Waals surface area contributed by atoms with Crippen molar-refractivity contribution in [2.45, 2.75) is 45.1 Å². The minimum absolute atomic E-state index is 0.0175. The summed E-state index contributed by atoms with van der Waals surface area (Å²) in [5.74, 6) is 0.796. The Kier molecular flexibility index (Phi) is 3.96. The highest BCUT2D eigenvalue weighted by Crippen LogP contribution is 2.40. The summed E-state index contributed by atoms with van der Waals surface area (Å²) < 4.78 is 18.3. The Morgan fingerprint density at radius 2 is 2.27 bits per heavy atom. The van der Waals surface area contributed by atoms with Crippen molar-refractivity contribution in [3.05, 3.63) is 52.7 Å². The summed E-state index contributed by atoms with van der Waals surface area (Å²) in [6.07, 6.45) is 1.92. The third-order valence-corrected chi connectivity index (χ3v) is 4.20. The molecule has 1 aromatic carbocycles. The fourth-order valence-electron chi connectivity index (χ4n) is 2.84. The summed E-state index contributed by atoms with van der Waals surface area (Å²) in [6, 6.07) is 6.71. The van der Waals surface area contributed by atoms with E-state index in [9.17, 15) is 9.18 Å². The topological polar surface area (TPSA) is 55.1 Å². The van der Waals surface area contributed by atoms with Crippen molar-refractivity contribution < 1.29 is 13.7 Å². The Morgan fingerprint density at radius 3 is 2.95 bits per heavy atom. The lowest BCUT2D eigenvalue weighted by Gasteiger charge is -2.05. The SMILES string of the molecule is Cc1noc(C)c1CCC(=O)N[C@H]1C[C@@H]1c1cccc(F)c1. The first-order valence-electron chi connectivity index (χ1n) is 7.51. The number of amides is 1. The second-order valence-electron chi connectivity index (χ2n) is 5.87. The number of rotatable bonds is 5. The van der Waals surface area contributed by atoms with Crippen LogP contribution in [0, 0.1) is 19.7 Å². The molecule has 0 unspecified atom stereocenters. The smallest absolute Gasteiger partial charge is 0.220 e. The maximum absolute atomic E-state index is 13.2. The fraction of sp³-hybridized carbons (Fsp3) is 0.412. The van der Waals surface area contributed by atoms with Crippen LogP contribution in [0.4, 0.5) is 4.39 Å². The van der Waals surface area contributed by atoms with Gasteiger partial charge in [-0.25, -0.2) is 4.39 Å². The van der Waals surface area contributed by atoms with Gasteiger partial charge in [0.15, 0.2) is 0 Å². The number of nitrogens with zero attached hydrogens (tertiary/aromatic N) is 1. The molecule has 22 heavy (non-hydrogen) atoms. The van der Waals surface area contributed by atoms with Crippen LogP contribution in [0.1, 0.15) is 41.3 Å². The summed E-state index contributed by atoms with van der Waals surface area (Å²) >= 11 is 0. The molecule has 0 radical (unpaired) electrons. The number of hydrogen-bond acceptors (Lipinski definition) is 3. The number of halogens is 1. The molecule has 1 saturated carbocycles. The summed E-state index contributed by atoms with van der Waals surface area (Å²) in [6.45, 7) is 3.73. The molecule has 1 fully saturated rings. The van der Waals surface area contributed by atoms with Crippen LogP contribution in [0.5, 0.6) is 0 Å². The summed E-state index contributed by atoms with van der Waals surface area (Å²) in [4.78, 5) is 12.0. The first kappa shape index (κ1) is 14.8. The normalized spacial score (nSPS) is 20.0. The zero-order chi connectivity index (χ0) is 15.7. The van der Waals surface area contributed by atoms with Crippen LogP contribution < -0.4 is 5.32 Å². The monoisotopic (exact) mass is 302 g/mol. The Labute approximate surface area is 128 Å². The minimum atomic E-state index is -0.229. The van der Waals surface area contributed by atoms with E-state index < -0.39 is 0 Å². The second kappa shape index (κ2) is 5.91. The largest absolute Gasteiger partial charge is 0.361 e. The molecule has 2 atom stereocenters. The van der Waals surface area contributed by atoms with E-state index in [1.807, 2.05) is 19.9 Å². The van der Waals surface area contributed by atoms with Crippen molar-refractivity contribution in [2.75, 3.05) is 0 Å². The molecule has 1 aliphatic carbocycles. The average molecular weight is 302 g/mol. The van der Waals surface area contributed by atoms with Gasteiger partial charge in [-0.2, -0.15) is 0 Å². The van der Waals surface area contributed by atoms with E-state index in [0.717, 1.165) is 29.0 Å². The average Bonchev–Trinajstić information content (AvgIpc) is 3.16. The lowest BCUT2D eigenvalue weighted by Crippen LogP contribution is -2.26. The van der Waals surface area contributed by atoms with Crippen LogP contribution in [0.2, 0.25) is 0 Å². The van der Waals surface area contributed by atoms with E-state index in [2.05, 4.69) is 10.5 Å². The van der Waals surface area contributed by atoms with Gasteiger partial charge >= 0.3 is 0 Å². The molecular formula is C17H19FN2O2. The van der Waals surface area contributed by atoms with Gasteiger partial charge in [0.05, 0.1) is 5.69 Å². The third-order valence-electron chi connectivity index (χ3n) is 4.20. The second-order valence-corrected chi connectivity index (χ2v) is 5.87. The molecule has 3 rings (SSSR count). The van der Waals surface area contributed by atoms with Gasteiger partial charge in [0, 0.05) is 23.9 Å². The van der Waals surface area contributed by atoms with Gasteiger partial charge in [-0.3, -0.25) is 4.79 Å². The predicted molar refractivity (Wildman–Crippen MR) is 80.0 cm³/mol. The van der Waals surface area contributed by atoms with Gasteiger partial charge < -0.3 is 9.84 Å². The highest BCUT2D eigenvalue weighted by atomic mass is 19.1. The molecule has 1 amide bonds. The van der Waals surface area contributed by atoms with E-state index in [4.69, 9.17) is 4.52 Å². The molecule has 0 spiro atoms. The predicted octanol–water partition coefficient (Wildman–Crippen LogP) is 3.04. The summed E-state index contributed by atoms with van der Waals surface area (Å²) in [7, 11) is 0. The standard InChI is InChI=1S/C17H19FN2O2/c1-10-14(11(2)22-20-10)6-7-17(21)19-16-9-15(16)12-4-3-5-13(18)8-12/h3-5,8,15-16H,6-7,9H2,1-2H3,(H,19,21)/t15-,16+/m1/s1. The number of benzene rings is 1. The first-order chi connectivity index (χ1) is 10.5. The molecule has 1 aliphatic rings. The lowest BCUT2D eigenvalue weighted by molar-refractivity contribution is -0.121.